The molecule has 1 N–H and O–H groups in total. The molecule has 1 aliphatic rings. The number of para-hydroxylation sites is 1. The average Bonchev–Trinajstić information content (AvgIpc) is 3.27. The Morgan fingerprint density at radius 1 is 1.12 bits per heavy atom. The summed E-state index contributed by atoms with van der Waals surface area (Å²) in [6.45, 7) is 1.33. The Morgan fingerprint density at radius 3 is 2.69 bits per heavy atom. The standard InChI is InChI=1S/C19H19N5O2/c25-18(13-24-17-5-2-1-4-16(17)21-22-24)20-12-14-7-9-15(10-8-14)23-11-3-6-19(23)26/h1-2,4-5,7-10H,3,6,11-13H2,(H,20,25). The van der Waals surface area contributed by atoms with Gasteiger partial charge in [0.15, 0.2) is 0 Å². The lowest BCUT2D eigenvalue weighted by atomic mass is 10.2. The average molecular weight is 349 g/mol. The third-order valence-corrected chi connectivity index (χ3v) is 4.52. The van der Waals surface area contributed by atoms with E-state index in [-0.39, 0.29) is 18.4 Å². The molecule has 0 saturated carbocycles. The molecule has 26 heavy (non-hydrogen) atoms. The summed E-state index contributed by atoms with van der Waals surface area (Å²) in [5, 5.41) is 11.0. The first-order valence-electron chi connectivity index (χ1n) is 8.65. The van der Waals surface area contributed by atoms with Crippen LogP contribution in [0, 0.1) is 0 Å². The zero-order chi connectivity index (χ0) is 17.9. The van der Waals surface area contributed by atoms with Crippen molar-refractivity contribution in [3.63, 3.8) is 0 Å². The van der Waals surface area contributed by atoms with E-state index >= 15 is 0 Å². The van der Waals surface area contributed by atoms with Gasteiger partial charge in [0, 0.05) is 25.2 Å². The van der Waals surface area contributed by atoms with Crippen molar-refractivity contribution in [2.45, 2.75) is 25.9 Å². The van der Waals surface area contributed by atoms with Gasteiger partial charge in [-0.15, -0.1) is 5.10 Å². The molecule has 0 spiro atoms. The number of carbonyl (C=O) groups is 2. The van der Waals surface area contributed by atoms with Crippen LogP contribution in [0.15, 0.2) is 48.5 Å². The van der Waals surface area contributed by atoms with Gasteiger partial charge in [0.1, 0.15) is 12.1 Å². The number of nitrogens with one attached hydrogen (secondary N) is 1. The predicted molar refractivity (Wildman–Crippen MR) is 97.4 cm³/mol. The fourth-order valence-corrected chi connectivity index (χ4v) is 3.14. The van der Waals surface area contributed by atoms with Crippen molar-refractivity contribution < 1.29 is 9.59 Å². The van der Waals surface area contributed by atoms with Crippen LogP contribution in [0.1, 0.15) is 18.4 Å². The van der Waals surface area contributed by atoms with E-state index in [0.29, 0.717) is 13.0 Å². The number of amides is 2. The van der Waals surface area contributed by atoms with Crippen molar-refractivity contribution in [3.8, 4) is 0 Å². The molecule has 1 saturated heterocycles. The van der Waals surface area contributed by atoms with Gasteiger partial charge in [0.25, 0.3) is 0 Å². The smallest absolute Gasteiger partial charge is 0.242 e. The van der Waals surface area contributed by atoms with Crippen LogP contribution < -0.4 is 10.2 Å². The molecule has 0 radical (unpaired) electrons. The van der Waals surface area contributed by atoms with Crippen LogP contribution in [0.3, 0.4) is 0 Å². The van der Waals surface area contributed by atoms with Crippen LogP contribution in [0.5, 0.6) is 0 Å². The highest BCUT2D eigenvalue weighted by atomic mass is 16.2. The number of anilines is 1. The summed E-state index contributed by atoms with van der Waals surface area (Å²) in [4.78, 5) is 25.8. The monoisotopic (exact) mass is 349 g/mol. The number of nitrogens with zero attached hydrogens (tertiary/aromatic N) is 4. The molecule has 3 aromatic rings. The summed E-state index contributed by atoms with van der Waals surface area (Å²) in [7, 11) is 0. The molecule has 0 atom stereocenters. The fraction of sp³-hybridized carbons (Fsp3) is 0.263. The number of carbonyl (C=O) groups excluding carboxylic acids is 2. The molecule has 1 aliphatic heterocycles. The summed E-state index contributed by atoms with van der Waals surface area (Å²) in [5.41, 5.74) is 3.50. The topological polar surface area (TPSA) is 80.1 Å². The highest BCUT2D eigenvalue weighted by Crippen LogP contribution is 2.21. The number of hydrogen-bond donors (Lipinski definition) is 1. The van der Waals surface area contributed by atoms with E-state index in [0.717, 1.165) is 35.2 Å². The third kappa shape index (κ3) is 3.28. The Hall–Kier alpha value is -3.22. The Labute approximate surface area is 150 Å². The maximum Gasteiger partial charge on any atom is 0.242 e. The van der Waals surface area contributed by atoms with E-state index in [4.69, 9.17) is 0 Å². The largest absolute Gasteiger partial charge is 0.350 e. The first kappa shape index (κ1) is 16.3. The summed E-state index contributed by atoms with van der Waals surface area (Å²) >= 11 is 0. The lowest BCUT2D eigenvalue weighted by Crippen LogP contribution is -2.27. The van der Waals surface area contributed by atoms with E-state index < -0.39 is 0 Å². The molecule has 0 bridgehead atoms. The maximum absolute atomic E-state index is 12.2. The minimum atomic E-state index is -0.126. The lowest BCUT2D eigenvalue weighted by molar-refractivity contribution is -0.122. The molecule has 4 rings (SSSR count). The second-order valence-electron chi connectivity index (χ2n) is 6.33. The minimum absolute atomic E-state index is 0.126. The Bertz CT molecular complexity index is 948. The summed E-state index contributed by atoms with van der Waals surface area (Å²) < 4.78 is 1.59. The van der Waals surface area contributed by atoms with Crippen LogP contribution in [0.25, 0.3) is 11.0 Å². The Kier molecular flexibility index (Phi) is 4.35. The number of rotatable bonds is 5. The van der Waals surface area contributed by atoms with Gasteiger partial charge in [-0.25, -0.2) is 4.68 Å². The molecule has 2 aromatic carbocycles. The zero-order valence-electron chi connectivity index (χ0n) is 14.3. The van der Waals surface area contributed by atoms with Crippen LogP contribution in [-0.4, -0.2) is 33.4 Å². The predicted octanol–water partition coefficient (Wildman–Crippen LogP) is 1.87. The third-order valence-electron chi connectivity index (χ3n) is 4.52. The van der Waals surface area contributed by atoms with E-state index in [1.165, 1.54) is 0 Å². The van der Waals surface area contributed by atoms with Gasteiger partial charge in [-0.1, -0.05) is 29.5 Å². The molecule has 2 amide bonds. The molecule has 132 valence electrons. The minimum Gasteiger partial charge on any atom is -0.350 e. The summed E-state index contributed by atoms with van der Waals surface area (Å²) in [6, 6.07) is 15.3. The van der Waals surface area contributed by atoms with Crippen molar-refractivity contribution >= 4 is 28.5 Å². The number of benzene rings is 2. The molecule has 2 heterocycles. The first-order valence-corrected chi connectivity index (χ1v) is 8.65. The van der Waals surface area contributed by atoms with Gasteiger partial charge in [-0.3, -0.25) is 9.59 Å². The van der Waals surface area contributed by atoms with Crippen molar-refractivity contribution in [3.05, 3.63) is 54.1 Å². The number of fused-ring (bicyclic) bond motifs is 1. The SMILES string of the molecule is O=C(Cn1nnc2ccccc21)NCc1ccc(N2CCCC2=O)cc1. The van der Waals surface area contributed by atoms with Gasteiger partial charge in [-0.2, -0.15) is 0 Å². The van der Waals surface area contributed by atoms with E-state index in [1.807, 2.05) is 48.5 Å². The van der Waals surface area contributed by atoms with Gasteiger partial charge in [0.05, 0.1) is 5.52 Å². The molecule has 1 aromatic heterocycles. The highest BCUT2D eigenvalue weighted by molar-refractivity contribution is 5.95. The van der Waals surface area contributed by atoms with Crippen molar-refractivity contribution in [1.82, 2.24) is 20.3 Å². The van der Waals surface area contributed by atoms with Gasteiger partial charge >= 0.3 is 0 Å². The fourth-order valence-electron chi connectivity index (χ4n) is 3.14. The van der Waals surface area contributed by atoms with Crippen molar-refractivity contribution in [2.75, 3.05) is 11.4 Å². The lowest BCUT2D eigenvalue weighted by Gasteiger charge is -2.16. The second kappa shape index (κ2) is 6.95. The Balaban J connectivity index is 1.35. The van der Waals surface area contributed by atoms with Crippen molar-refractivity contribution in [2.24, 2.45) is 0 Å². The molecular weight excluding hydrogens is 330 g/mol. The summed E-state index contributed by atoms with van der Waals surface area (Å²) in [6.07, 6.45) is 1.53. The van der Waals surface area contributed by atoms with Gasteiger partial charge in [0.2, 0.25) is 11.8 Å². The van der Waals surface area contributed by atoms with Crippen LogP contribution in [-0.2, 0) is 22.7 Å². The van der Waals surface area contributed by atoms with Crippen LogP contribution in [0.4, 0.5) is 5.69 Å². The molecule has 1 fully saturated rings. The molecular formula is C19H19N5O2. The number of hydrogen-bond acceptors (Lipinski definition) is 4. The molecule has 0 aliphatic carbocycles. The Morgan fingerprint density at radius 2 is 1.92 bits per heavy atom. The maximum atomic E-state index is 12.2. The second-order valence-corrected chi connectivity index (χ2v) is 6.33. The molecule has 7 nitrogen and oxygen atoms in total. The van der Waals surface area contributed by atoms with Crippen LogP contribution in [0.2, 0.25) is 0 Å². The van der Waals surface area contributed by atoms with Gasteiger partial charge in [-0.05, 0) is 36.2 Å². The van der Waals surface area contributed by atoms with Crippen LogP contribution >= 0.6 is 0 Å². The highest BCUT2D eigenvalue weighted by Gasteiger charge is 2.21. The summed E-state index contributed by atoms with van der Waals surface area (Å²) in [5.74, 6) is 0.0468. The van der Waals surface area contributed by atoms with E-state index in [9.17, 15) is 9.59 Å². The quantitative estimate of drug-likeness (QED) is 0.763. The zero-order valence-corrected chi connectivity index (χ0v) is 14.3. The molecule has 0 unspecified atom stereocenters. The normalized spacial score (nSPS) is 14.2. The van der Waals surface area contributed by atoms with Crippen molar-refractivity contribution in [1.29, 1.82) is 0 Å². The molecule has 7 heteroatoms. The number of aromatic nitrogens is 3. The van der Waals surface area contributed by atoms with E-state index in [1.54, 1.807) is 9.58 Å². The van der Waals surface area contributed by atoms with E-state index in [2.05, 4.69) is 15.6 Å². The van der Waals surface area contributed by atoms with Gasteiger partial charge < -0.3 is 10.2 Å². The first-order chi connectivity index (χ1) is 12.7.